The van der Waals surface area contributed by atoms with Crippen molar-refractivity contribution in [3.63, 3.8) is 0 Å². The summed E-state index contributed by atoms with van der Waals surface area (Å²) < 4.78 is 6.80. The number of benzene rings is 1. The summed E-state index contributed by atoms with van der Waals surface area (Å²) in [6.45, 7) is 1.48. The van der Waals surface area contributed by atoms with E-state index in [-0.39, 0.29) is 5.91 Å². The van der Waals surface area contributed by atoms with Gasteiger partial charge in [-0.3, -0.25) is 9.48 Å². The Labute approximate surface area is 124 Å². The smallest absolute Gasteiger partial charge is 0.254 e. The molecule has 2 aromatic rings. The van der Waals surface area contributed by atoms with Crippen molar-refractivity contribution in [2.24, 2.45) is 7.05 Å². The molecular weight excluding hydrogens is 268 g/mol. The number of aryl methyl sites for hydroxylation is 1. The normalized spacial score (nSPS) is 10.6. The van der Waals surface area contributed by atoms with Crippen molar-refractivity contribution < 1.29 is 9.53 Å². The largest absolute Gasteiger partial charge is 0.399 e. The molecule has 1 heterocycles. The van der Waals surface area contributed by atoms with Crippen LogP contribution in [0.3, 0.4) is 0 Å². The zero-order chi connectivity index (χ0) is 15.2. The first-order valence-electron chi connectivity index (χ1n) is 6.71. The van der Waals surface area contributed by atoms with Crippen LogP contribution in [0, 0.1) is 0 Å². The van der Waals surface area contributed by atoms with Crippen LogP contribution in [0.1, 0.15) is 15.9 Å². The highest BCUT2D eigenvalue weighted by atomic mass is 16.5. The number of hydrogen-bond donors (Lipinski definition) is 1. The minimum Gasteiger partial charge on any atom is -0.399 e. The Balaban J connectivity index is 2.16. The molecule has 6 heteroatoms. The van der Waals surface area contributed by atoms with Gasteiger partial charge in [-0.05, 0) is 18.2 Å². The summed E-state index contributed by atoms with van der Waals surface area (Å²) in [7, 11) is 3.47. The molecule has 1 aromatic carbocycles. The molecule has 0 radical (unpaired) electrons. The lowest BCUT2D eigenvalue weighted by Crippen LogP contribution is -2.33. The number of carbonyl (C=O) groups excluding carboxylic acids is 1. The standard InChI is InChI=1S/C15H20N4O2/c1-18-10-12(9-17-18)11-19(6-7-21-2)15(20)13-4-3-5-14(16)8-13/h3-5,8-10H,6-7,11,16H2,1-2H3. The number of amides is 1. The maximum atomic E-state index is 12.6. The molecule has 2 rings (SSSR count). The molecule has 0 saturated carbocycles. The van der Waals surface area contributed by atoms with E-state index in [0.29, 0.717) is 30.9 Å². The predicted molar refractivity (Wildman–Crippen MR) is 80.7 cm³/mol. The van der Waals surface area contributed by atoms with Crippen LogP contribution >= 0.6 is 0 Å². The van der Waals surface area contributed by atoms with E-state index in [9.17, 15) is 4.79 Å². The number of nitrogens with two attached hydrogens (primary N) is 1. The monoisotopic (exact) mass is 288 g/mol. The van der Waals surface area contributed by atoms with Gasteiger partial charge in [0.1, 0.15) is 0 Å². The van der Waals surface area contributed by atoms with Gasteiger partial charge < -0.3 is 15.4 Å². The van der Waals surface area contributed by atoms with E-state index in [1.54, 1.807) is 47.2 Å². The molecule has 0 aliphatic carbocycles. The maximum Gasteiger partial charge on any atom is 0.254 e. The third-order valence-corrected chi connectivity index (χ3v) is 3.12. The molecule has 0 atom stereocenters. The van der Waals surface area contributed by atoms with Crippen LogP contribution in [0.5, 0.6) is 0 Å². The van der Waals surface area contributed by atoms with Gasteiger partial charge in [-0.2, -0.15) is 5.10 Å². The van der Waals surface area contributed by atoms with Crippen LogP contribution in [0.25, 0.3) is 0 Å². The number of hydrogen-bond acceptors (Lipinski definition) is 4. The first kappa shape index (κ1) is 15.1. The van der Waals surface area contributed by atoms with Gasteiger partial charge in [-0.1, -0.05) is 6.07 Å². The minimum atomic E-state index is -0.0665. The van der Waals surface area contributed by atoms with Crippen molar-refractivity contribution in [2.45, 2.75) is 6.54 Å². The molecule has 0 aliphatic heterocycles. The summed E-state index contributed by atoms with van der Waals surface area (Å²) in [5.41, 5.74) is 7.88. The molecule has 1 aromatic heterocycles. The van der Waals surface area contributed by atoms with Gasteiger partial charge in [-0.15, -0.1) is 0 Å². The quantitative estimate of drug-likeness (QED) is 0.813. The van der Waals surface area contributed by atoms with Crippen molar-refractivity contribution in [2.75, 3.05) is 26.0 Å². The summed E-state index contributed by atoms with van der Waals surface area (Å²) in [5, 5.41) is 4.12. The lowest BCUT2D eigenvalue weighted by molar-refractivity contribution is 0.0680. The Kier molecular flexibility index (Phi) is 4.94. The average Bonchev–Trinajstić information content (AvgIpc) is 2.88. The van der Waals surface area contributed by atoms with E-state index < -0.39 is 0 Å². The van der Waals surface area contributed by atoms with Gasteiger partial charge in [0.25, 0.3) is 5.91 Å². The van der Waals surface area contributed by atoms with Crippen molar-refractivity contribution in [1.82, 2.24) is 14.7 Å². The second-order valence-corrected chi connectivity index (χ2v) is 4.87. The van der Waals surface area contributed by atoms with Crippen LogP contribution in [0.15, 0.2) is 36.7 Å². The van der Waals surface area contributed by atoms with E-state index in [2.05, 4.69) is 5.10 Å². The van der Waals surface area contributed by atoms with Gasteiger partial charge in [0.2, 0.25) is 0 Å². The zero-order valence-corrected chi connectivity index (χ0v) is 12.3. The molecule has 0 bridgehead atoms. The molecule has 2 N–H and O–H groups in total. The summed E-state index contributed by atoms with van der Waals surface area (Å²) >= 11 is 0. The fourth-order valence-corrected chi connectivity index (χ4v) is 2.08. The SMILES string of the molecule is COCCN(Cc1cnn(C)c1)C(=O)c1cccc(N)c1. The van der Waals surface area contributed by atoms with E-state index in [4.69, 9.17) is 10.5 Å². The summed E-state index contributed by atoms with van der Waals surface area (Å²) in [6, 6.07) is 6.99. The second-order valence-electron chi connectivity index (χ2n) is 4.87. The van der Waals surface area contributed by atoms with Gasteiger partial charge in [0.05, 0.1) is 12.8 Å². The molecule has 112 valence electrons. The molecule has 1 amide bonds. The van der Waals surface area contributed by atoms with Crippen molar-refractivity contribution >= 4 is 11.6 Å². The molecular formula is C15H20N4O2. The van der Waals surface area contributed by atoms with E-state index in [0.717, 1.165) is 5.56 Å². The van der Waals surface area contributed by atoms with E-state index in [1.165, 1.54) is 0 Å². The summed E-state index contributed by atoms with van der Waals surface area (Å²) in [4.78, 5) is 14.3. The number of nitrogen functional groups attached to an aromatic ring is 1. The van der Waals surface area contributed by atoms with Crippen molar-refractivity contribution in [3.8, 4) is 0 Å². The van der Waals surface area contributed by atoms with Crippen LogP contribution < -0.4 is 5.73 Å². The fraction of sp³-hybridized carbons (Fsp3) is 0.333. The Morgan fingerprint density at radius 2 is 2.29 bits per heavy atom. The van der Waals surface area contributed by atoms with Gasteiger partial charge in [0, 0.05) is 50.3 Å². The number of rotatable bonds is 6. The average molecular weight is 288 g/mol. The third-order valence-electron chi connectivity index (χ3n) is 3.12. The highest BCUT2D eigenvalue weighted by Crippen LogP contribution is 2.12. The highest BCUT2D eigenvalue weighted by molar-refractivity contribution is 5.95. The highest BCUT2D eigenvalue weighted by Gasteiger charge is 2.16. The molecule has 0 fully saturated rings. The van der Waals surface area contributed by atoms with E-state index in [1.807, 2.05) is 13.2 Å². The lowest BCUT2D eigenvalue weighted by atomic mass is 10.1. The zero-order valence-electron chi connectivity index (χ0n) is 12.3. The fourth-order valence-electron chi connectivity index (χ4n) is 2.08. The van der Waals surface area contributed by atoms with Crippen LogP contribution in [0.4, 0.5) is 5.69 Å². The summed E-state index contributed by atoms with van der Waals surface area (Å²) in [6.07, 6.45) is 3.65. The molecule has 0 spiro atoms. The molecule has 21 heavy (non-hydrogen) atoms. The van der Waals surface area contributed by atoms with E-state index >= 15 is 0 Å². The topological polar surface area (TPSA) is 73.4 Å². The predicted octanol–water partition coefficient (Wildman–Crippen LogP) is 1.29. The number of methoxy groups -OCH3 is 1. The number of anilines is 1. The lowest BCUT2D eigenvalue weighted by Gasteiger charge is -2.22. The Bertz CT molecular complexity index is 609. The van der Waals surface area contributed by atoms with Gasteiger partial charge in [0.15, 0.2) is 0 Å². The summed E-state index contributed by atoms with van der Waals surface area (Å²) in [5.74, 6) is -0.0665. The Hall–Kier alpha value is -2.34. The van der Waals surface area contributed by atoms with Crippen molar-refractivity contribution in [1.29, 1.82) is 0 Å². The first-order chi connectivity index (χ1) is 10.1. The second kappa shape index (κ2) is 6.90. The van der Waals surface area contributed by atoms with Gasteiger partial charge in [-0.25, -0.2) is 0 Å². The third kappa shape index (κ3) is 4.06. The van der Waals surface area contributed by atoms with Gasteiger partial charge >= 0.3 is 0 Å². The number of carbonyl (C=O) groups is 1. The Morgan fingerprint density at radius 3 is 2.90 bits per heavy atom. The van der Waals surface area contributed by atoms with Crippen molar-refractivity contribution in [3.05, 3.63) is 47.8 Å². The number of ether oxygens (including phenoxy) is 1. The van der Waals surface area contributed by atoms with Crippen LogP contribution in [0.2, 0.25) is 0 Å². The molecule has 0 saturated heterocycles. The molecule has 0 aliphatic rings. The number of aromatic nitrogens is 2. The molecule has 0 unspecified atom stereocenters. The first-order valence-corrected chi connectivity index (χ1v) is 6.71. The van der Waals surface area contributed by atoms with Crippen LogP contribution in [-0.4, -0.2) is 40.8 Å². The molecule has 6 nitrogen and oxygen atoms in total. The number of nitrogens with zero attached hydrogens (tertiary/aromatic N) is 3. The maximum absolute atomic E-state index is 12.6. The Morgan fingerprint density at radius 1 is 1.48 bits per heavy atom. The van der Waals surface area contributed by atoms with Crippen LogP contribution in [-0.2, 0) is 18.3 Å². The minimum absolute atomic E-state index is 0.0665.